The number of fused-ring (bicyclic) bond motifs is 1. The Balaban J connectivity index is 2.18. The minimum Gasteiger partial charge on any atom is -0.247 e. The quantitative estimate of drug-likeness (QED) is 0.333. The van der Waals surface area contributed by atoms with Crippen molar-refractivity contribution in [2.24, 2.45) is 0 Å². The van der Waals surface area contributed by atoms with E-state index in [0.717, 1.165) is 77.8 Å². The van der Waals surface area contributed by atoms with E-state index >= 15 is 0 Å². The first-order chi connectivity index (χ1) is 16.4. The molecule has 0 saturated carbocycles. The molecule has 0 fully saturated rings. The van der Waals surface area contributed by atoms with Gasteiger partial charge in [0.25, 0.3) is 0 Å². The molecule has 1 heteroatoms. The Morgan fingerprint density at radius 2 is 1.17 bits per heavy atom. The van der Waals surface area contributed by atoms with Crippen LogP contribution in [0.5, 0.6) is 0 Å². The fourth-order valence-electron chi connectivity index (χ4n) is 4.06. The highest BCUT2D eigenvalue weighted by atomic mass is 14.7. The number of pyridine rings is 1. The zero-order valence-corrected chi connectivity index (χ0v) is 18.3. The van der Waals surface area contributed by atoms with Crippen molar-refractivity contribution < 1.29 is 5.48 Å². The van der Waals surface area contributed by atoms with E-state index in [9.17, 15) is 0 Å². The summed E-state index contributed by atoms with van der Waals surface area (Å²) >= 11 is 0. The summed E-state index contributed by atoms with van der Waals surface area (Å²) in [6.45, 7) is 8.60. The predicted octanol–water partition coefficient (Wildman–Crippen LogP) is 8.04. The van der Waals surface area contributed by atoms with Gasteiger partial charge in [-0.25, -0.2) is 4.98 Å². The fourth-order valence-corrected chi connectivity index (χ4v) is 4.06. The first-order valence-corrected chi connectivity index (χ1v) is 10.2. The number of aryl methyl sites for hydroxylation is 2. The van der Waals surface area contributed by atoms with Crippen molar-refractivity contribution in [3.8, 4) is 22.4 Å². The molecule has 0 aliphatic carbocycles. The number of hydrogen-bond acceptors (Lipinski definition) is 1. The molecule has 0 saturated heterocycles. The Bertz CT molecular complexity index is 1290. The van der Waals surface area contributed by atoms with Crippen molar-refractivity contribution in [1.29, 1.82) is 0 Å². The molecule has 1 nitrogen and oxygen atoms in total. The maximum atomic E-state index is 8.33. The molecule has 1 aromatic heterocycles. The van der Waals surface area contributed by atoms with E-state index in [1.807, 2.05) is 38.1 Å². The normalized spacial score (nSPS) is 13.1. The lowest BCUT2D eigenvalue weighted by atomic mass is 9.86. The van der Waals surface area contributed by atoms with Gasteiger partial charge in [-0.3, -0.25) is 0 Å². The first-order valence-electron chi connectivity index (χ1n) is 13.0. The molecular formula is C29H31N. The fraction of sp³-hybridized carbons (Fsp3) is 0.276. The van der Waals surface area contributed by atoms with E-state index in [-0.39, 0.29) is 27.6 Å². The van der Waals surface area contributed by atoms with Crippen molar-refractivity contribution in [3.63, 3.8) is 0 Å². The highest BCUT2D eigenvalue weighted by molar-refractivity contribution is 5.93. The summed E-state index contributed by atoms with van der Waals surface area (Å²) in [5.41, 5.74) is 12.3. The average Bonchev–Trinajstić information content (AvgIpc) is 2.85. The van der Waals surface area contributed by atoms with Crippen LogP contribution in [0.4, 0.5) is 0 Å². The van der Waals surface area contributed by atoms with Crippen LogP contribution in [0.3, 0.4) is 0 Å². The molecule has 1 heterocycles. The number of hydrogen-bond donors (Lipinski definition) is 0. The second kappa shape index (κ2) is 7.40. The van der Waals surface area contributed by atoms with Crippen molar-refractivity contribution in [2.45, 2.75) is 55.3 Å². The molecule has 30 heavy (non-hydrogen) atoms. The molecule has 0 bridgehead atoms. The van der Waals surface area contributed by atoms with Gasteiger partial charge in [0.05, 0.1) is 11.2 Å². The third-order valence-electron chi connectivity index (χ3n) is 6.46. The van der Waals surface area contributed by atoms with Gasteiger partial charge < -0.3 is 0 Å². The van der Waals surface area contributed by atoms with Gasteiger partial charge in [-0.2, -0.15) is 0 Å². The predicted molar refractivity (Wildman–Crippen MR) is 131 cm³/mol. The summed E-state index contributed by atoms with van der Waals surface area (Å²) in [6.07, 6.45) is 0. The van der Waals surface area contributed by atoms with Crippen LogP contribution in [0.25, 0.3) is 33.3 Å². The highest BCUT2D eigenvalue weighted by Gasteiger charge is 2.19. The molecule has 0 radical (unpaired) electrons. The van der Waals surface area contributed by atoms with Crippen LogP contribution in [0.15, 0.2) is 42.5 Å². The molecule has 4 rings (SSSR count). The van der Waals surface area contributed by atoms with Crippen LogP contribution < -0.4 is 0 Å². The van der Waals surface area contributed by atoms with E-state index in [4.69, 9.17) is 10.5 Å². The molecule has 0 unspecified atom stereocenters. The average molecular weight is 398 g/mol. The molecule has 0 amide bonds. The summed E-state index contributed by atoms with van der Waals surface area (Å²) in [5, 5.41) is 1.01. The lowest BCUT2D eigenvalue weighted by molar-refractivity contribution is 1.20. The van der Waals surface area contributed by atoms with E-state index in [1.54, 1.807) is 0 Å². The van der Waals surface area contributed by atoms with Crippen LogP contribution in [0.2, 0.25) is 0 Å². The van der Waals surface area contributed by atoms with Crippen LogP contribution in [0, 0.1) is 55.3 Å². The Morgan fingerprint density at radius 1 is 0.600 bits per heavy atom. The number of aromatic nitrogens is 1. The van der Waals surface area contributed by atoms with Gasteiger partial charge in [0.15, 0.2) is 0 Å². The van der Waals surface area contributed by atoms with Gasteiger partial charge in [0, 0.05) is 22.0 Å². The van der Waals surface area contributed by atoms with Crippen molar-refractivity contribution in [3.05, 3.63) is 87.0 Å². The third-order valence-corrected chi connectivity index (χ3v) is 6.46. The monoisotopic (exact) mass is 397 g/mol. The second-order valence-corrected chi connectivity index (χ2v) is 8.22. The lowest BCUT2D eigenvalue weighted by Gasteiger charge is -2.20. The largest absolute Gasteiger partial charge is 0.247 e. The van der Waals surface area contributed by atoms with Gasteiger partial charge in [-0.05, 0) is 124 Å². The molecule has 152 valence electrons. The molecule has 0 aliphatic heterocycles. The van der Waals surface area contributed by atoms with Crippen LogP contribution in [0.1, 0.15) is 50.0 Å². The standard InChI is InChI=1S/C29H31N/c1-16-13-25(22(7)20(5)18(16)3)27-15-24-11-9-10-12-28(24)30-29(27)26-14-17(2)19(4)21(6)23(26)8/h9-15H,1-8H3/i5D,6D,7D,8D. The van der Waals surface area contributed by atoms with E-state index in [0.29, 0.717) is 0 Å². The summed E-state index contributed by atoms with van der Waals surface area (Å²) in [4.78, 5) is 5.11. The highest BCUT2D eigenvalue weighted by Crippen LogP contribution is 2.39. The Kier molecular flexibility index (Phi) is 3.91. The second-order valence-electron chi connectivity index (χ2n) is 8.22. The summed E-state index contributed by atoms with van der Waals surface area (Å²) in [7, 11) is 0. The van der Waals surface area contributed by atoms with Crippen molar-refractivity contribution in [1.82, 2.24) is 4.98 Å². The Hall–Kier alpha value is -2.93. The summed E-state index contributed by atoms with van der Waals surface area (Å²) in [6, 6.07) is 14.4. The topological polar surface area (TPSA) is 12.9 Å². The van der Waals surface area contributed by atoms with Gasteiger partial charge in [-0.1, -0.05) is 24.3 Å². The van der Waals surface area contributed by atoms with Crippen molar-refractivity contribution >= 4 is 10.9 Å². The lowest BCUT2D eigenvalue weighted by Crippen LogP contribution is -2.01. The van der Waals surface area contributed by atoms with Gasteiger partial charge in [0.1, 0.15) is 0 Å². The third kappa shape index (κ3) is 3.13. The minimum atomic E-state index is 0.0782. The number of benzene rings is 3. The van der Waals surface area contributed by atoms with Crippen molar-refractivity contribution in [2.75, 3.05) is 0 Å². The van der Waals surface area contributed by atoms with E-state index in [2.05, 4.69) is 32.0 Å². The smallest absolute Gasteiger partial charge is 0.0791 e. The van der Waals surface area contributed by atoms with Crippen LogP contribution in [-0.4, -0.2) is 4.98 Å². The van der Waals surface area contributed by atoms with Crippen LogP contribution >= 0.6 is 0 Å². The van der Waals surface area contributed by atoms with Gasteiger partial charge in [-0.15, -0.1) is 0 Å². The van der Waals surface area contributed by atoms with Crippen LogP contribution in [-0.2, 0) is 0 Å². The number of nitrogens with zero attached hydrogens (tertiary/aromatic N) is 1. The maximum Gasteiger partial charge on any atom is 0.0791 e. The number of para-hydroxylation sites is 1. The summed E-state index contributed by atoms with van der Waals surface area (Å²) in [5.74, 6) is 0. The molecular weight excluding hydrogens is 362 g/mol. The Morgan fingerprint density at radius 3 is 1.80 bits per heavy atom. The summed E-state index contributed by atoms with van der Waals surface area (Å²) < 4.78 is 33.0. The maximum absolute atomic E-state index is 8.33. The van der Waals surface area contributed by atoms with E-state index in [1.165, 1.54) is 0 Å². The number of rotatable bonds is 2. The molecule has 0 N–H and O–H groups in total. The molecule has 3 aromatic carbocycles. The SMILES string of the molecule is [2H]Cc1c(-c2cc3ccccc3nc2-c2cc(C)c(C)c(C[2H])c2C[2H])cc(C)c(C)c1C[2H]. The zero-order valence-electron chi connectivity index (χ0n) is 22.3. The molecule has 4 aromatic rings. The minimum absolute atomic E-state index is 0.0782. The van der Waals surface area contributed by atoms with E-state index < -0.39 is 0 Å². The van der Waals surface area contributed by atoms with Gasteiger partial charge >= 0.3 is 0 Å². The first kappa shape index (κ1) is 15.8. The Labute approximate surface area is 186 Å². The zero-order chi connectivity index (χ0) is 24.6. The van der Waals surface area contributed by atoms with Gasteiger partial charge in [0.2, 0.25) is 0 Å². The molecule has 0 atom stereocenters. The molecule has 0 aliphatic rings. The molecule has 0 spiro atoms.